The summed E-state index contributed by atoms with van der Waals surface area (Å²) in [5.41, 5.74) is 0.0812. The lowest BCUT2D eigenvalue weighted by atomic mass is 9.82. The predicted octanol–water partition coefficient (Wildman–Crippen LogP) is 0.544. The van der Waals surface area contributed by atoms with E-state index in [9.17, 15) is 14.7 Å². The molecule has 0 bridgehead atoms. The van der Waals surface area contributed by atoms with E-state index in [4.69, 9.17) is 0 Å². The molecule has 0 aromatic carbocycles. The van der Waals surface area contributed by atoms with Crippen molar-refractivity contribution >= 4 is 5.91 Å². The molecule has 2 N–H and O–H groups in total. The quantitative estimate of drug-likeness (QED) is 0.796. The number of aromatic nitrogens is 2. The molecule has 0 atom stereocenters. The minimum Gasteiger partial charge on any atom is -0.393 e. The molecule has 6 nitrogen and oxygen atoms in total. The van der Waals surface area contributed by atoms with Gasteiger partial charge in [0.2, 0.25) is 0 Å². The zero-order valence-electron chi connectivity index (χ0n) is 11.7. The van der Waals surface area contributed by atoms with Crippen molar-refractivity contribution in [2.75, 3.05) is 6.54 Å². The van der Waals surface area contributed by atoms with Crippen molar-refractivity contribution in [1.29, 1.82) is 0 Å². The summed E-state index contributed by atoms with van der Waals surface area (Å²) in [7, 11) is 0. The molecule has 1 aliphatic rings. The Balaban J connectivity index is 1.93. The first-order valence-corrected chi connectivity index (χ1v) is 7.14. The molecule has 1 aliphatic carbocycles. The molecule has 1 saturated carbocycles. The van der Waals surface area contributed by atoms with Crippen molar-refractivity contribution in [3.8, 4) is 0 Å². The lowest BCUT2D eigenvalue weighted by molar-refractivity contribution is 0.0419. The minimum absolute atomic E-state index is 0.183. The number of rotatable bonds is 6. The van der Waals surface area contributed by atoms with Crippen LogP contribution in [0, 0.1) is 5.92 Å². The van der Waals surface area contributed by atoms with Gasteiger partial charge in [0.1, 0.15) is 5.69 Å². The van der Waals surface area contributed by atoms with Gasteiger partial charge in [-0.15, -0.1) is 0 Å². The van der Waals surface area contributed by atoms with Gasteiger partial charge in [0.05, 0.1) is 6.10 Å². The Hall–Kier alpha value is -1.69. The number of carbonyl (C=O) groups excluding carboxylic acids is 1. The molecule has 1 heterocycles. The van der Waals surface area contributed by atoms with Crippen LogP contribution in [-0.4, -0.2) is 33.4 Å². The SMILES string of the molecule is CCCCn1nc(C(=O)NCC2CC(O)C2)ccc1=O. The molecule has 1 aromatic heterocycles. The number of nitrogens with zero attached hydrogens (tertiary/aromatic N) is 2. The molecule has 0 radical (unpaired) electrons. The van der Waals surface area contributed by atoms with Gasteiger partial charge in [0.15, 0.2) is 0 Å². The molecule has 0 spiro atoms. The fourth-order valence-corrected chi connectivity index (χ4v) is 2.23. The van der Waals surface area contributed by atoms with E-state index in [1.165, 1.54) is 16.8 Å². The minimum atomic E-state index is -0.267. The average molecular weight is 279 g/mol. The van der Waals surface area contributed by atoms with Crippen molar-refractivity contribution in [1.82, 2.24) is 15.1 Å². The lowest BCUT2D eigenvalue weighted by Gasteiger charge is -2.31. The molecular weight excluding hydrogens is 258 g/mol. The van der Waals surface area contributed by atoms with Crippen LogP contribution in [0.5, 0.6) is 0 Å². The first-order valence-electron chi connectivity index (χ1n) is 7.14. The van der Waals surface area contributed by atoms with Crippen LogP contribution in [0.1, 0.15) is 43.1 Å². The third-order valence-corrected chi connectivity index (χ3v) is 3.58. The van der Waals surface area contributed by atoms with E-state index >= 15 is 0 Å². The van der Waals surface area contributed by atoms with Crippen LogP contribution in [-0.2, 0) is 6.54 Å². The molecular formula is C14H21N3O3. The summed E-state index contributed by atoms with van der Waals surface area (Å²) in [6.45, 7) is 3.12. The van der Waals surface area contributed by atoms with E-state index < -0.39 is 0 Å². The molecule has 0 saturated heterocycles. The van der Waals surface area contributed by atoms with Crippen LogP contribution < -0.4 is 10.9 Å². The van der Waals surface area contributed by atoms with Gasteiger partial charge in [-0.1, -0.05) is 13.3 Å². The lowest BCUT2D eigenvalue weighted by Crippen LogP contribution is -2.39. The molecule has 0 unspecified atom stereocenters. The van der Waals surface area contributed by atoms with Gasteiger partial charge < -0.3 is 10.4 Å². The van der Waals surface area contributed by atoms with Gasteiger partial charge in [0.25, 0.3) is 11.5 Å². The van der Waals surface area contributed by atoms with Crippen LogP contribution in [0.4, 0.5) is 0 Å². The summed E-state index contributed by atoms with van der Waals surface area (Å²) in [5, 5.41) is 16.1. The number of hydrogen-bond donors (Lipinski definition) is 2. The summed E-state index contributed by atoms with van der Waals surface area (Å²) in [6.07, 6.45) is 3.09. The van der Waals surface area contributed by atoms with Crippen LogP contribution in [0.25, 0.3) is 0 Å². The Kier molecular flexibility index (Phi) is 4.89. The number of aliphatic hydroxyl groups excluding tert-OH is 1. The van der Waals surface area contributed by atoms with E-state index in [-0.39, 0.29) is 23.3 Å². The zero-order valence-corrected chi connectivity index (χ0v) is 11.7. The van der Waals surface area contributed by atoms with Crippen LogP contribution in [0.15, 0.2) is 16.9 Å². The van der Waals surface area contributed by atoms with Gasteiger partial charge in [-0.2, -0.15) is 5.10 Å². The summed E-state index contributed by atoms with van der Waals surface area (Å²) < 4.78 is 1.34. The predicted molar refractivity (Wildman–Crippen MR) is 74.5 cm³/mol. The van der Waals surface area contributed by atoms with Crippen molar-refractivity contribution in [2.24, 2.45) is 5.92 Å². The van der Waals surface area contributed by atoms with Gasteiger partial charge in [0, 0.05) is 19.2 Å². The standard InChI is InChI=1S/C14H21N3O3/c1-2-3-6-17-13(19)5-4-12(16-17)14(20)15-9-10-7-11(18)8-10/h4-5,10-11,18H,2-3,6-9H2,1H3,(H,15,20). The van der Waals surface area contributed by atoms with Crippen molar-refractivity contribution in [3.63, 3.8) is 0 Å². The summed E-state index contributed by atoms with van der Waals surface area (Å²) in [5.74, 6) is 0.0802. The number of unbranched alkanes of at least 4 members (excludes halogenated alkanes) is 1. The molecule has 1 aromatic rings. The molecule has 6 heteroatoms. The van der Waals surface area contributed by atoms with Gasteiger partial charge >= 0.3 is 0 Å². The van der Waals surface area contributed by atoms with E-state index in [0.29, 0.717) is 19.0 Å². The maximum absolute atomic E-state index is 12.0. The average Bonchev–Trinajstić information content (AvgIpc) is 2.41. The third kappa shape index (κ3) is 3.66. The van der Waals surface area contributed by atoms with Gasteiger partial charge in [-0.3, -0.25) is 9.59 Å². The highest BCUT2D eigenvalue weighted by Gasteiger charge is 2.27. The number of hydrogen-bond acceptors (Lipinski definition) is 4. The highest BCUT2D eigenvalue weighted by Crippen LogP contribution is 2.26. The number of carbonyl (C=O) groups is 1. The van der Waals surface area contributed by atoms with E-state index in [1.807, 2.05) is 6.92 Å². The zero-order chi connectivity index (χ0) is 14.5. The van der Waals surface area contributed by atoms with E-state index in [2.05, 4.69) is 10.4 Å². The van der Waals surface area contributed by atoms with Crippen LogP contribution in [0.3, 0.4) is 0 Å². The Morgan fingerprint density at radius 3 is 2.90 bits per heavy atom. The Morgan fingerprint density at radius 1 is 1.50 bits per heavy atom. The second kappa shape index (κ2) is 6.65. The molecule has 110 valence electrons. The van der Waals surface area contributed by atoms with Gasteiger partial charge in [-0.25, -0.2) is 4.68 Å². The first-order chi connectivity index (χ1) is 9.60. The van der Waals surface area contributed by atoms with Crippen molar-refractivity contribution in [3.05, 3.63) is 28.2 Å². The highest BCUT2D eigenvalue weighted by atomic mass is 16.3. The summed E-state index contributed by atoms with van der Waals surface area (Å²) in [6, 6.07) is 2.83. The van der Waals surface area contributed by atoms with Crippen LogP contribution >= 0.6 is 0 Å². The molecule has 1 fully saturated rings. The Labute approximate surface area is 117 Å². The maximum Gasteiger partial charge on any atom is 0.271 e. The number of aryl methyl sites for hydroxylation is 1. The monoisotopic (exact) mass is 279 g/mol. The van der Waals surface area contributed by atoms with Crippen LogP contribution in [0.2, 0.25) is 0 Å². The fraction of sp³-hybridized carbons (Fsp3) is 0.643. The third-order valence-electron chi connectivity index (χ3n) is 3.58. The normalized spacial score (nSPS) is 21.3. The summed E-state index contributed by atoms with van der Waals surface area (Å²) >= 11 is 0. The van der Waals surface area contributed by atoms with Gasteiger partial charge in [-0.05, 0) is 31.2 Å². The van der Waals surface area contributed by atoms with Crippen molar-refractivity contribution < 1.29 is 9.90 Å². The first kappa shape index (κ1) is 14.7. The van der Waals surface area contributed by atoms with E-state index in [1.54, 1.807) is 0 Å². The largest absolute Gasteiger partial charge is 0.393 e. The van der Waals surface area contributed by atoms with Crippen molar-refractivity contribution in [2.45, 2.75) is 45.3 Å². The molecule has 20 heavy (non-hydrogen) atoms. The fourth-order valence-electron chi connectivity index (χ4n) is 2.23. The highest BCUT2D eigenvalue weighted by molar-refractivity contribution is 5.91. The number of nitrogens with one attached hydrogen (secondary N) is 1. The Morgan fingerprint density at radius 2 is 2.25 bits per heavy atom. The van der Waals surface area contributed by atoms with E-state index in [0.717, 1.165) is 25.7 Å². The Bertz CT molecular complexity index is 521. The molecule has 2 rings (SSSR count). The second-order valence-electron chi connectivity index (χ2n) is 5.33. The topological polar surface area (TPSA) is 84.2 Å². The smallest absolute Gasteiger partial charge is 0.271 e. The number of amides is 1. The maximum atomic E-state index is 12.0. The number of aliphatic hydroxyl groups is 1. The molecule has 0 aliphatic heterocycles. The molecule has 1 amide bonds. The second-order valence-corrected chi connectivity index (χ2v) is 5.33. The summed E-state index contributed by atoms with van der Waals surface area (Å²) in [4.78, 5) is 23.6.